The molecule has 0 saturated heterocycles. The van der Waals surface area contributed by atoms with Crippen molar-refractivity contribution in [3.63, 3.8) is 0 Å². The summed E-state index contributed by atoms with van der Waals surface area (Å²) in [6.07, 6.45) is 0. The number of nitro groups is 1. The van der Waals surface area contributed by atoms with Gasteiger partial charge in [0, 0.05) is 11.8 Å². The molecule has 0 amide bonds. The third-order valence-corrected chi connectivity index (χ3v) is 1.91. The van der Waals surface area contributed by atoms with Crippen molar-refractivity contribution < 1.29 is 4.92 Å². The van der Waals surface area contributed by atoms with Crippen LogP contribution in [0.4, 0.5) is 11.4 Å². The monoisotopic (exact) mass is 185 g/mol. The Labute approximate surface area is 73.0 Å². The molecule has 0 bridgehead atoms. The molecule has 0 radical (unpaired) electrons. The van der Waals surface area contributed by atoms with Crippen LogP contribution in [0.1, 0.15) is 0 Å². The summed E-state index contributed by atoms with van der Waals surface area (Å²) in [5.74, 6) is 0. The minimum Gasteiger partial charge on any atom is -0.399 e. The van der Waals surface area contributed by atoms with Gasteiger partial charge in [0.25, 0.3) is 5.69 Å². The highest BCUT2D eigenvalue weighted by atomic mass is 32.2. The van der Waals surface area contributed by atoms with Crippen LogP contribution in [-0.2, 0) is 0 Å². The number of nitrogens with zero attached hydrogens (tertiary/aromatic N) is 1. The van der Waals surface area contributed by atoms with Crippen LogP contribution < -0.4 is 10.9 Å². The van der Waals surface area contributed by atoms with Crippen molar-refractivity contribution in [2.45, 2.75) is 4.90 Å². The maximum absolute atomic E-state index is 10.4. The second-order valence-electron chi connectivity index (χ2n) is 2.10. The van der Waals surface area contributed by atoms with Crippen LogP contribution in [0.25, 0.3) is 0 Å². The first-order valence-electron chi connectivity index (χ1n) is 3.06. The smallest absolute Gasteiger partial charge is 0.286 e. The third-order valence-electron chi connectivity index (χ3n) is 1.31. The van der Waals surface area contributed by atoms with E-state index in [-0.39, 0.29) is 5.69 Å². The standard InChI is InChI=1S/C6H7N3O2S/c7-4-1-2-6(12-8)5(3-4)9(10)11/h1-3H,7-8H2. The van der Waals surface area contributed by atoms with Gasteiger partial charge in [-0.15, -0.1) is 0 Å². The highest BCUT2D eigenvalue weighted by molar-refractivity contribution is 7.97. The van der Waals surface area contributed by atoms with Crippen molar-refractivity contribution in [2.24, 2.45) is 5.14 Å². The molecule has 1 aromatic carbocycles. The lowest BCUT2D eigenvalue weighted by Crippen LogP contribution is -1.94. The summed E-state index contributed by atoms with van der Waals surface area (Å²) < 4.78 is 0. The van der Waals surface area contributed by atoms with Crippen molar-refractivity contribution in [3.8, 4) is 0 Å². The van der Waals surface area contributed by atoms with Gasteiger partial charge in [0.05, 0.1) is 4.92 Å². The van der Waals surface area contributed by atoms with E-state index in [1.165, 1.54) is 12.1 Å². The zero-order valence-electron chi connectivity index (χ0n) is 6.06. The molecule has 0 aliphatic carbocycles. The van der Waals surface area contributed by atoms with E-state index in [2.05, 4.69) is 0 Å². The normalized spacial score (nSPS) is 9.75. The molecule has 4 N–H and O–H groups in total. The van der Waals surface area contributed by atoms with Gasteiger partial charge in [0.15, 0.2) is 0 Å². The van der Waals surface area contributed by atoms with E-state index in [1.54, 1.807) is 6.07 Å². The van der Waals surface area contributed by atoms with Gasteiger partial charge in [-0.05, 0) is 24.1 Å². The number of hydrogen-bond donors (Lipinski definition) is 2. The zero-order valence-corrected chi connectivity index (χ0v) is 6.88. The molecule has 0 aromatic heterocycles. The van der Waals surface area contributed by atoms with E-state index in [9.17, 15) is 10.1 Å². The molecule has 0 unspecified atom stereocenters. The number of hydrogen-bond acceptors (Lipinski definition) is 5. The molecule has 6 heteroatoms. The molecular formula is C6H7N3O2S. The largest absolute Gasteiger partial charge is 0.399 e. The van der Waals surface area contributed by atoms with Gasteiger partial charge >= 0.3 is 0 Å². The molecule has 0 spiro atoms. The average Bonchev–Trinajstić information content (AvgIpc) is 2.04. The Morgan fingerprint density at radius 1 is 1.50 bits per heavy atom. The van der Waals surface area contributed by atoms with Crippen LogP contribution >= 0.6 is 11.9 Å². The SMILES string of the molecule is NSc1ccc(N)cc1[N+](=O)[O-]. The summed E-state index contributed by atoms with van der Waals surface area (Å²) in [5, 5.41) is 15.6. The fraction of sp³-hybridized carbons (Fsp3) is 0. The van der Waals surface area contributed by atoms with Crippen LogP contribution in [0.5, 0.6) is 0 Å². The zero-order chi connectivity index (χ0) is 9.14. The van der Waals surface area contributed by atoms with E-state index in [0.717, 1.165) is 11.9 Å². The Bertz CT molecular complexity index is 316. The summed E-state index contributed by atoms with van der Waals surface area (Å²) in [7, 11) is 0. The molecule has 0 aliphatic heterocycles. The number of nitrogen functional groups attached to an aromatic ring is 1. The van der Waals surface area contributed by atoms with Gasteiger partial charge in [-0.2, -0.15) is 0 Å². The summed E-state index contributed by atoms with van der Waals surface area (Å²) in [4.78, 5) is 10.3. The molecule has 0 heterocycles. The summed E-state index contributed by atoms with van der Waals surface area (Å²) >= 11 is 0.835. The first-order chi connectivity index (χ1) is 5.65. The summed E-state index contributed by atoms with van der Waals surface area (Å²) in [6, 6.07) is 4.38. The number of nitro benzene ring substituents is 1. The molecule has 0 atom stereocenters. The predicted molar refractivity (Wildman–Crippen MR) is 47.6 cm³/mol. The Morgan fingerprint density at radius 2 is 2.17 bits per heavy atom. The van der Waals surface area contributed by atoms with Gasteiger partial charge in [0.1, 0.15) is 4.90 Å². The Balaban J connectivity index is 3.21. The Kier molecular flexibility index (Phi) is 2.51. The Hall–Kier alpha value is -1.27. The molecule has 1 aromatic rings. The second-order valence-corrected chi connectivity index (χ2v) is 2.78. The van der Waals surface area contributed by atoms with Crippen molar-refractivity contribution in [1.82, 2.24) is 0 Å². The average molecular weight is 185 g/mol. The van der Waals surface area contributed by atoms with Crippen molar-refractivity contribution in [3.05, 3.63) is 28.3 Å². The van der Waals surface area contributed by atoms with Crippen molar-refractivity contribution in [1.29, 1.82) is 0 Å². The van der Waals surface area contributed by atoms with Gasteiger partial charge in [0.2, 0.25) is 0 Å². The second kappa shape index (κ2) is 3.42. The highest BCUT2D eigenvalue weighted by Gasteiger charge is 2.12. The van der Waals surface area contributed by atoms with Crippen LogP contribution in [0.2, 0.25) is 0 Å². The van der Waals surface area contributed by atoms with Crippen LogP contribution in [0.15, 0.2) is 23.1 Å². The summed E-state index contributed by atoms with van der Waals surface area (Å²) in [5.41, 5.74) is 5.67. The summed E-state index contributed by atoms with van der Waals surface area (Å²) in [6.45, 7) is 0. The van der Waals surface area contributed by atoms with Crippen LogP contribution in [-0.4, -0.2) is 4.92 Å². The van der Waals surface area contributed by atoms with Crippen LogP contribution in [0, 0.1) is 10.1 Å². The quantitative estimate of drug-likeness (QED) is 0.312. The van der Waals surface area contributed by atoms with E-state index in [4.69, 9.17) is 10.9 Å². The lowest BCUT2D eigenvalue weighted by molar-refractivity contribution is -0.387. The minimum atomic E-state index is -0.508. The van der Waals surface area contributed by atoms with Crippen molar-refractivity contribution in [2.75, 3.05) is 5.73 Å². The number of anilines is 1. The van der Waals surface area contributed by atoms with E-state index >= 15 is 0 Å². The predicted octanol–water partition coefficient (Wildman–Crippen LogP) is 1.14. The number of rotatable bonds is 2. The maximum Gasteiger partial charge on any atom is 0.286 e. The lowest BCUT2D eigenvalue weighted by Gasteiger charge is -1.98. The maximum atomic E-state index is 10.4. The van der Waals surface area contributed by atoms with E-state index in [0.29, 0.717) is 10.6 Å². The van der Waals surface area contributed by atoms with E-state index in [1.807, 2.05) is 0 Å². The molecule has 64 valence electrons. The van der Waals surface area contributed by atoms with Gasteiger partial charge in [-0.25, -0.2) is 0 Å². The topological polar surface area (TPSA) is 95.2 Å². The number of nitrogens with two attached hydrogens (primary N) is 2. The molecule has 1 rings (SSSR count). The van der Waals surface area contributed by atoms with E-state index < -0.39 is 4.92 Å². The minimum absolute atomic E-state index is 0.0532. The molecule has 5 nitrogen and oxygen atoms in total. The van der Waals surface area contributed by atoms with Crippen molar-refractivity contribution >= 4 is 23.3 Å². The molecule has 0 aliphatic rings. The molecular weight excluding hydrogens is 178 g/mol. The number of benzene rings is 1. The fourth-order valence-electron chi connectivity index (χ4n) is 0.777. The molecule has 0 saturated carbocycles. The highest BCUT2D eigenvalue weighted by Crippen LogP contribution is 2.27. The molecule has 12 heavy (non-hydrogen) atoms. The first-order valence-corrected chi connectivity index (χ1v) is 3.93. The lowest BCUT2D eigenvalue weighted by atomic mass is 10.3. The van der Waals surface area contributed by atoms with Gasteiger partial charge in [-0.3, -0.25) is 15.3 Å². The first kappa shape index (κ1) is 8.82. The third kappa shape index (κ3) is 1.66. The van der Waals surface area contributed by atoms with Gasteiger partial charge in [-0.1, -0.05) is 0 Å². The Morgan fingerprint density at radius 3 is 2.67 bits per heavy atom. The fourth-order valence-corrected chi connectivity index (χ4v) is 1.18. The van der Waals surface area contributed by atoms with Gasteiger partial charge < -0.3 is 5.73 Å². The molecule has 0 fully saturated rings. The van der Waals surface area contributed by atoms with Crippen LogP contribution in [0.3, 0.4) is 0 Å².